The Balaban J connectivity index is 2.75. The second kappa shape index (κ2) is 6.88. The predicted molar refractivity (Wildman–Crippen MR) is 95.2 cm³/mol. The first-order valence-electron chi connectivity index (χ1n) is 7.77. The van der Waals surface area contributed by atoms with Gasteiger partial charge in [-0.2, -0.15) is 0 Å². The molecule has 0 aromatic heterocycles. The number of anilines is 2. The molecule has 0 saturated carbocycles. The Kier molecular flexibility index (Phi) is 5.30. The topological polar surface area (TPSA) is 60.8 Å². The van der Waals surface area contributed by atoms with Crippen LogP contribution >= 0.6 is 7.75 Å². The normalized spacial score (nSPS) is 12.0. The third-order valence-corrected chi connectivity index (χ3v) is 4.77. The summed E-state index contributed by atoms with van der Waals surface area (Å²) in [5.41, 5.74) is 3.16. The largest absolute Gasteiger partial charge is 0.434 e. The first-order valence-corrected chi connectivity index (χ1v) is 9.34. The van der Waals surface area contributed by atoms with E-state index in [1.54, 1.807) is 30.3 Å². The van der Waals surface area contributed by atoms with Crippen molar-refractivity contribution in [2.24, 2.45) is 0 Å². The monoisotopic (exact) mass is 333 g/mol. The highest BCUT2D eigenvalue weighted by Gasteiger charge is 2.31. The molecule has 0 radical (unpaired) electrons. The number of para-hydroxylation sites is 1. The summed E-state index contributed by atoms with van der Waals surface area (Å²) in [6.07, 6.45) is 0. The van der Waals surface area contributed by atoms with E-state index >= 15 is 0 Å². The van der Waals surface area contributed by atoms with Gasteiger partial charge in [-0.3, -0.25) is 0 Å². The van der Waals surface area contributed by atoms with Gasteiger partial charge >= 0.3 is 7.75 Å². The van der Waals surface area contributed by atoms with Crippen molar-refractivity contribution in [3.63, 3.8) is 0 Å². The molecule has 0 atom stereocenters. The first kappa shape index (κ1) is 17.7. The molecule has 2 aromatic carbocycles. The highest BCUT2D eigenvalue weighted by molar-refractivity contribution is 7.54. The van der Waals surface area contributed by atoms with E-state index in [9.17, 15) is 14.4 Å². The Hall–Kier alpha value is -1.61. The van der Waals surface area contributed by atoms with Crippen LogP contribution in [0.25, 0.3) is 0 Å². The van der Waals surface area contributed by atoms with Gasteiger partial charge < -0.3 is 9.79 Å². The predicted octanol–water partition coefficient (Wildman–Crippen LogP) is 5.16. The van der Waals surface area contributed by atoms with Crippen LogP contribution in [0.1, 0.15) is 50.7 Å². The smallest absolute Gasteiger partial charge is 0.308 e. The van der Waals surface area contributed by atoms with Gasteiger partial charge in [0.15, 0.2) is 0 Å². The Morgan fingerprint density at radius 2 is 1.48 bits per heavy atom. The summed E-state index contributed by atoms with van der Waals surface area (Å²) >= 11 is 0. The van der Waals surface area contributed by atoms with Gasteiger partial charge in [-0.15, -0.1) is 0 Å². The summed E-state index contributed by atoms with van der Waals surface area (Å²) in [5, 5.41) is 0. The zero-order valence-electron chi connectivity index (χ0n) is 14.0. The van der Waals surface area contributed by atoms with Gasteiger partial charge in [0.1, 0.15) is 0 Å². The summed E-state index contributed by atoms with van der Waals surface area (Å²) in [6.45, 7) is 8.28. The molecule has 0 aliphatic heterocycles. The lowest BCUT2D eigenvalue weighted by molar-refractivity contribution is 0.373. The lowest BCUT2D eigenvalue weighted by atomic mass is 9.89. The molecule has 2 aromatic rings. The summed E-state index contributed by atoms with van der Waals surface area (Å²) in [7, 11) is -4.50. The molecule has 23 heavy (non-hydrogen) atoms. The molecule has 4 nitrogen and oxygen atoms in total. The fourth-order valence-electron chi connectivity index (χ4n) is 2.89. The third-order valence-electron chi connectivity index (χ3n) is 3.81. The maximum absolute atomic E-state index is 12.2. The molecule has 124 valence electrons. The van der Waals surface area contributed by atoms with Crippen molar-refractivity contribution >= 4 is 19.1 Å². The minimum Gasteiger partial charge on any atom is -0.308 e. The van der Waals surface area contributed by atoms with Gasteiger partial charge in [0.2, 0.25) is 0 Å². The average Bonchev–Trinajstić information content (AvgIpc) is 2.46. The minimum atomic E-state index is -4.50. The molecule has 0 amide bonds. The van der Waals surface area contributed by atoms with E-state index in [2.05, 4.69) is 13.8 Å². The van der Waals surface area contributed by atoms with Crippen molar-refractivity contribution in [3.05, 3.63) is 59.7 Å². The fraction of sp³-hybridized carbons (Fsp3) is 0.333. The van der Waals surface area contributed by atoms with Crippen LogP contribution in [0.4, 0.5) is 11.4 Å². The first-order chi connectivity index (χ1) is 10.7. The van der Waals surface area contributed by atoms with E-state index in [4.69, 9.17) is 0 Å². The van der Waals surface area contributed by atoms with Gasteiger partial charge in [0.05, 0.1) is 11.4 Å². The molecule has 0 bridgehead atoms. The molecule has 0 saturated heterocycles. The standard InChI is InChI=1S/C18H24NO3P/c1-13(2)16-11-8-12-17(18(16)14(3)4)19(23(20,21)22)15-9-6-5-7-10-15/h5-14H,1-4H3,(H2,20,21,22). The van der Waals surface area contributed by atoms with E-state index in [-0.39, 0.29) is 11.8 Å². The van der Waals surface area contributed by atoms with Crippen LogP contribution in [0.3, 0.4) is 0 Å². The van der Waals surface area contributed by atoms with Crippen molar-refractivity contribution in [1.29, 1.82) is 0 Å². The lowest BCUT2D eigenvalue weighted by Crippen LogP contribution is -2.16. The van der Waals surface area contributed by atoms with Crippen molar-refractivity contribution in [1.82, 2.24) is 0 Å². The number of hydrogen-bond donors (Lipinski definition) is 2. The molecule has 0 fully saturated rings. The van der Waals surface area contributed by atoms with Crippen LogP contribution in [0.5, 0.6) is 0 Å². The van der Waals surface area contributed by atoms with Crippen LogP contribution in [0, 0.1) is 0 Å². The number of hydrogen-bond acceptors (Lipinski definition) is 1. The van der Waals surface area contributed by atoms with Gasteiger partial charge in [-0.05, 0) is 41.2 Å². The van der Waals surface area contributed by atoms with E-state index in [1.807, 2.05) is 32.0 Å². The summed E-state index contributed by atoms with van der Waals surface area (Å²) < 4.78 is 13.4. The summed E-state index contributed by atoms with van der Waals surface area (Å²) in [5.74, 6) is 0.433. The van der Waals surface area contributed by atoms with Gasteiger partial charge in [0, 0.05) is 0 Å². The zero-order chi connectivity index (χ0) is 17.2. The van der Waals surface area contributed by atoms with Crippen LogP contribution in [-0.2, 0) is 4.57 Å². The number of nitrogens with zero attached hydrogens (tertiary/aromatic N) is 1. The van der Waals surface area contributed by atoms with Crippen LogP contribution < -0.4 is 4.67 Å². The van der Waals surface area contributed by atoms with E-state index in [1.165, 1.54) is 0 Å². The molecule has 0 unspecified atom stereocenters. The highest BCUT2D eigenvalue weighted by Crippen LogP contribution is 2.52. The zero-order valence-corrected chi connectivity index (χ0v) is 14.9. The van der Waals surface area contributed by atoms with Gasteiger partial charge in [-0.1, -0.05) is 58.0 Å². The molecule has 5 heteroatoms. The molecular formula is C18H24NO3P. The summed E-state index contributed by atoms with van der Waals surface area (Å²) in [6, 6.07) is 14.5. The maximum Gasteiger partial charge on any atom is 0.434 e. The number of rotatable bonds is 5. The van der Waals surface area contributed by atoms with Crippen molar-refractivity contribution in [3.8, 4) is 0 Å². The van der Waals surface area contributed by atoms with Crippen LogP contribution in [0.15, 0.2) is 48.5 Å². The molecular weight excluding hydrogens is 309 g/mol. The molecule has 2 N–H and O–H groups in total. The van der Waals surface area contributed by atoms with E-state index in [0.29, 0.717) is 11.4 Å². The lowest BCUT2D eigenvalue weighted by Gasteiger charge is -2.30. The molecule has 0 aliphatic carbocycles. The fourth-order valence-corrected chi connectivity index (χ4v) is 3.78. The quantitative estimate of drug-likeness (QED) is 0.742. The average molecular weight is 333 g/mol. The van der Waals surface area contributed by atoms with Crippen molar-refractivity contribution in [2.45, 2.75) is 39.5 Å². The van der Waals surface area contributed by atoms with Gasteiger partial charge in [0.25, 0.3) is 0 Å². The molecule has 0 heterocycles. The Morgan fingerprint density at radius 3 is 1.96 bits per heavy atom. The van der Waals surface area contributed by atoms with Gasteiger partial charge in [-0.25, -0.2) is 9.24 Å². The van der Waals surface area contributed by atoms with Crippen LogP contribution in [-0.4, -0.2) is 9.79 Å². The molecule has 0 spiro atoms. The Morgan fingerprint density at radius 1 is 0.870 bits per heavy atom. The van der Waals surface area contributed by atoms with Crippen molar-refractivity contribution < 1.29 is 14.4 Å². The highest BCUT2D eigenvalue weighted by atomic mass is 31.2. The van der Waals surface area contributed by atoms with E-state index in [0.717, 1.165) is 15.8 Å². The maximum atomic E-state index is 12.2. The Bertz CT molecular complexity index is 707. The third kappa shape index (κ3) is 3.84. The second-order valence-corrected chi connectivity index (χ2v) is 7.68. The minimum absolute atomic E-state index is 0.154. The summed E-state index contributed by atoms with van der Waals surface area (Å²) in [4.78, 5) is 19.9. The SMILES string of the molecule is CC(C)c1cccc(N(c2ccccc2)P(=O)(O)O)c1C(C)C. The van der Waals surface area contributed by atoms with Crippen LogP contribution in [0.2, 0.25) is 0 Å². The Labute approximate surface area is 138 Å². The second-order valence-electron chi connectivity index (χ2n) is 6.25. The molecule has 2 rings (SSSR count). The van der Waals surface area contributed by atoms with Crippen molar-refractivity contribution in [2.75, 3.05) is 4.67 Å². The number of benzene rings is 2. The van der Waals surface area contributed by atoms with E-state index < -0.39 is 7.75 Å². The molecule has 0 aliphatic rings.